The molecule has 1 amide bonds. The maximum atomic E-state index is 13.3. The number of benzene rings is 2. The molecule has 0 saturated carbocycles. The topological polar surface area (TPSA) is 78.4 Å². The summed E-state index contributed by atoms with van der Waals surface area (Å²) >= 11 is 8.91. The smallest absolute Gasteiger partial charge is 0.335 e. The average molecular weight is 477 g/mol. The van der Waals surface area contributed by atoms with E-state index in [9.17, 15) is 14.0 Å². The molecular weight excluding hydrogens is 459 g/mol. The first-order chi connectivity index (χ1) is 14.9. The third kappa shape index (κ3) is 5.10. The molecule has 160 valence electrons. The molecule has 3 N–H and O–H groups in total. The molecule has 1 fully saturated rings. The van der Waals surface area contributed by atoms with Crippen LogP contribution in [-0.4, -0.2) is 22.7 Å². The van der Waals surface area contributed by atoms with E-state index in [2.05, 4.69) is 10.0 Å². The zero-order valence-corrected chi connectivity index (χ0v) is 18.5. The van der Waals surface area contributed by atoms with Crippen molar-refractivity contribution < 1.29 is 19.1 Å². The molecule has 2 atom stereocenters. The van der Waals surface area contributed by atoms with Gasteiger partial charge in [0.1, 0.15) is 5.82 Å². The quantitative estimate of drug-likeness (QED) is 0.403. The molecule has 1 aromatic heterocycles. The van der Waals surface area contributed by atoms with Gasteiger partial charge in [-0.3, -0.25) is 9.52 Å². The van der Waals surface area contributed by atoms with Crippen molar-refractivity contribution in [2.75, 3.05) is 11.1 Å². The minimum absolute atomic E-state index is 0.0170. The number of anilines is 1. The molecule has 0 bridgehead atoms. The molecule has 1 saturated heterocycles. The maximum absolute atomic E-state index is 13.3. The van der Waals surface area contributed by atoms with Crippen molar-refractivity contribution in [3.05, 3.63) is 75.9 Å². The summed E-state index contributed by atoms with van der Waals surface area (Å²) in [5.41, 5.74) is 1.68. The van der Waals surface area contributed by atoms with Gasteiger partial charge in [-0.05, 0) is 54.4 Å². The van der Waals surface area contributed by atoms with Crippen molar-refractivity contribution in [2.45, 2.75) is 12.5 Å². The van der Waals surface area contributed by atoms with Crippen LogP contribution in [0.15, 0.2) is 54.6 Å². The number of rotatable bonds is 5. The van der Waals surface area contributed by atoms with E-state index in [1.807, 2.05) is 12.1 Å². The van der Waals surface area contributed by atoms with Gasteiger partial charge in [0.15, 0.2) is 0 Å². The van der Waals surface area contributed by atoms with E-state index in [0.717, 1.165) is 15.3 Å². The highest BCUT2D eigenvalue weighted by molar-refractivity contribution is 7.97. The Morgan fingerprint density at radius 3 is 2.61 bits per heavy atom. The van der Waals surface area contributed by atoms with Gasteiger partial charge in [-0.2, -0.15) is 0 Å². The van der Waals surface area contributed by atoms with Gasteiger partial charge in [-0.15, -0.1) is 11.3 Å². The van der Waals surface area contributed by atoms with E-state index >= 15 is 0 Å². The minimum Gasteiger partial charge on any atom is -0.478 e. The lowest BCUT2D eigenvalue weighted by Crippen LogP contribution is -2.33. The molecule has 0 spiro atoms. The van der Waals surface area contributed by atoms with Crippen molar-refractivity contribution >= 4 is 52.4 Å². The van der Waals surface area contributed by atoms with Crippen LogP contribution < -0.4 is 10.0 Å². The summed E-state index contributed by atoms with van der Waals surface area (Å²) in [6.45, 7) is 0. The molecule has 1 aliphatic heterocycles. The van der Waals surface area contributed by atoms with E-state index < -0.39 is 11.8 Å². The predicted molar refractivity (Wildman–Crippen MR) is 123 cm³/mol. The highest BCUT2D eigenvalue weighted by atomic mass is 35.5. The highest BCUT2D eigenvalue weighted by Gasteiger charge is 2.29. The lowest BCUT2D eigenvalue weighted by atomic mass is 9.99. The Hall–Kier alpha value is -2.39. The zero-order chi connectivity index (χ0) is 22.0. The van der Waals surface area contributed by atoms with Crippen LogP contribution in [0.4, 0.5) is 10.1 Å². The summed E-state index contributed by atoms with van der Waals surface area (Å²) in [6.07, 6.45) is 0.631. The summed E-state index contributed by atoms with van der Waals surface area (Å²) in [7, 11) is 0. The fourth-order valence-corrected chi connectivity index (χ4v) is 5.64. The number of hydrogen-bond donors (Lipinski definition) is 3. The largest absolute Gasteiger partial charge is 0.478 e. The number of halogens is 2. The fourth-order valence-electron chi connectivity index (χ4n) is 3.30. The van der Waals surface area contributed by atoms with E-state index in [1.165, 1.54) is 30.1 Å². The van der Waals surface area contributed by atoms with Gasteiger partial charge in [0, 0.05) is 21.2 Å². The Morgan fingerprint density at radius 1 is 1.13 bits per heavy atom. The molecule has 4 rings (SSSR count). The lowest BCUT2D eigenvalue weighted by Gasteiger charge is -2.28. The number of amides is 1. The van der Waals surface area contributed by atoms with E-state index in [1.54, 1.807) is 35.6 Å². The van der Waals surface area contributed by atoms with Gasteiger partial charge < -0.3 is 10.4 Å². The molecule has 3 aromatic rings. The Morgan fingerprint density at radius 2 is 1.90 bits per heavy atom. The average Bonchev–Trinajstić information content (AvgIpc) is 3.27. The van der Waals surface area contributed by atoms with Crippen LogP contribution >= 0.6 is 34.9 Å². The summed E-state index contributed by atoms with van der Waals surface area (Å²) in [5.74, 6) is -1.17. The summed E-state index contributed by atoms with van der Waals surface area (Å²) in [5, 5.41) is 11.8. The van der Waals surface area contributed by atoms with Gasteiger partial charge >= 0.3 is 5.97 Å². The van der Waals surface area contributed by atoms with Crippen molar-refractivity contribution in [2.24, 2.45) is 5.92 Å². The monoisotopic (exact) mass is 476 g/mol. The Bertz CT molecular complexity index is 1120. The molecule has 31 heavy (non-hydrogen) atoms. The number of hydrogen-bond acceptors (Lipinski definition) is 5. The van der Waals surface area contributed by atoms with Gasteiger partial charge in [0.05, 0.1) is 22.5 Å². The first-order valence-corrected chi connectivity index (χ1v) is 11.7. The Labute approximate surface area is 191 Å². The third-order valence-electron chi connectivity index (χ3n) is 4.97. The van der Waals surface area contributed by atoms with E-state index in [0.29, 0.717) is 17.9 Å². The third-order valence-corrected chi connectivity index (χ3v) is 7.53. The van der Waals surface area contributed by atoms with Crippen molar-refractivity contribution in [1.82, 2.24) is 4.72 Å². The van der Waals surface area contributed by atoms with Crippen molar-refractivity contribution in [3.8, 4) is 10.4 Å². The number of carboxylic acids is 1. The first kappa shape index (κ1) is 21.8. The van der Waals surface area contributed by atoms with E-state index in [-0.39, 0.29) is 28.5 Å². The number of nitrogens with one attached hydrogen (secondary N) is 2. The van der Waals surface area contributed by atoms with Crippen LogP contribution in [0.3, 0.4) is 0 Å². The molecular formula is C22H18ClFN2O3S2. The zero-order valence-electron chi connectivity index (χ0n) is 16.1. The summed E-state index contributed by atoms with van der Waals surface area (Å²) in [6, 6.07) is 15.0. The molecule has 0 aliphatic carbocycles. The van der Waals surface area contributed by atoms with Crippen LogP contribution in [-0.2, 0) is 4.79 Å². The second kappa shape index (κ2) is 9.40. The normalized spacial score (nSPS) is 18.5. The minimum atomic E-state index is -0.950. The number of carbonyl (C=O) groups is 2. The van der Waals surface area contributed by atoms with Crippen molar-refractivity contribution in [3.63, 3.8) is 0 Å². The molecule has 2 aromatic carbocycles. The molecule has 9 heteroatoms. The summed E-state index contributed by atoms with van der Waals surface area (Å²) < 4.78 is 16.7. The van der Waals surface area contributed by atoms with Gasteiger partial charge in [-0.1, -0.05) is 35.7 Å². The van der Waals surface area contributed by atoms with Crippen LogP contribution in [0, 0.1) is 11.7 Å². The van der Waals surface area contributed by atoms with Crippen LogP contribution in [0.5, 0.6) is 0 Å². The summed E-state index contributed by atoms with van der Waals surface area (Å²) in [4.78, 5) is 25.9. The number of carbonyl (C=O) groups excluding carboxylic acids is 1. The fraction of sp³-hybridized carbons (Fsp3) is 0.182. The van der Waals surface area contributed by atoms with Gasteiger partial charge in [0.2, 0.25) is 5.91 Å². The number of thiophene rings is 1. The second-order valence-electron chi connectivity index (χ2n) is 7.12. The predicted octanol–water partition coefficient (Wildman–Crippen LogP) is 5.84. The lowest BCUT2D eigenvalue weighted by molar-refractivity contribution is -0.119. The Balaban J connectivity index is 1.43. The maximum Gasteiger partial charge on any atom is 0.335 e. The molecule has 0 radical (unpaired) electrons. The number of aromatic carboxylic acids is 1. The molecule has 2 heterocycles. The van der Waals surface area contributed by atoms with Crippen LogP contribution in [0.2, 0.25) is 5.02 Å². The Kier molecular flexibility index (Phi) is 6.62. The van der Waals surface area contributed by atoms with Crippen molar-refractivity contribution in [1.29, 1.82) is 0 Å². The van der Waals surface area contributed by atoms with Gasteiger partial charge in [0.25, 0.3) is 0 Å². The standard InChI is InChI=1S/C22H18ClFN2O3S2/c23-16-10-15(5-6-17(16)24)25-21(27)14-9-18(26-30-11-14)20-8-7-19(31-20)12-1-3-13(4-2-12)22(28)29/h1-8,10,14,18,26H,9,11H2,(H,25,27)(H,28,29). The number of carboxylic acid groups (broad SMARTS) is 1. The van der Waals surface area contributed by atoms with Gasteiger partial charge in [-0.25, -0.2) is 9.18 Å². The molecule has 1 aliphatic rings. The van der Waals surface area contributed by atoms with Crippen LogP contribution in [0.25, 0.3) is 10.4 Å². The van der Waals surface area contributed by atoms with Crippen LogP contribution in [0.1, 0.15) is 27.7 Å². The molecule has 5 nitrogen and oxygen atoms in total. The molecule has 2 unspecified atom stereocenters. The van der Waals surface area contributed by atoms with E-state index in [4.69, 9.17) is 16.7 Å². The SMILES string of the molecule is O=C(O)c1ccc(-c2ccc(C3CC(C(=O)Nc4ccc(F)c(Cl)c4)CSN3)s2)cc1. The highest BCUT2D eigenvalue weighted by Crippen LogP contribution is 2.37. The first-order valence-electron chi connectivity index (χ1n) is 9.47. The second-order valence-corrected chi connectivity index (χ2v) is 9.50.